The molecule has 0 unspecified atom stereocenters. The van der Waals surface area contributed by atoms with E-state index in [0.29, 0.717) is 30.7 Å². The van der Waals surface area contributed by atoms with E-state index >= 15 is 0 Å². The van der Waals surface area contributed by atoms with Gasteiger partial charge >= 0.3 is 0 Å². The third kappa shape index (κ3) is 5.65. The maximum atomic E-state index is 11.2. The number of rotatable bonds is 9. The van der Waals surface area contributed by atoms with Crippen LogP contribution in [0.15, 0.2) is 42.6 Å². The van der Waals surface area contributed by atoms with Gasteiger partial charge in [-0.25, -0.2) is 4.98 Å². The predicted molar refractivity (Wildman–Crippen MR) is 122 cm³/mol. The smallest absolute Gasteiger partial charge is 0.297 e. The van der Waals surface area contributed by atoms with Gasteiger partial charge in [-0.15, -0.1) is 0 Å². The zero-order valence-electron chi connectivity index (χ0n) is 19.0. The maximum Gasteiger partial charge on any atom is 0.297 e. The summed E-state index contributed by atoms with van der Waals surface area (Å²) in [4.78, 5) is 20.1. The lowest BCUT2D eigenvalue weighted by atomic mass is 9.95. The summed E-state index contributed by atoms with van der Waals surface area (Å²) in [6.07, 6.45) is 6.45. The number of aromatic nitrogens is 3. The number of hydrogen-bond acceptors (Lipinski definition) is 6. The van der Waals surface area contributed by atoms with E-state index in [4.69, 9.17) is 14.2 Å². The number of pyridine rings is 1. The number of fused-ring (bicyclic) bond motifs is 1. The van der Waals surface area contributed by atoms with Crippen molar-refractivity contribution in [3.63, 3.8) is 0 Å². The molecule has 7 heteroatoms. The van der Waals surface area contributed by atoms with Crippen molar-refractivity contribution >= 4 is 16.8 Å². The molecule has 0 saturated heterocycles. The molecule has 1 atom stereocenters. The first-order chi connectivity index (χ1) is 15.5. The Labute approximate surface area is 188 Å². The molecule has 32 heavy (non-hydrogen) atoms. The Kier molecular flexibility index (Phi) is 7.05. The molecule has 3 aromatic rings. The predicted octanol–water partition coefficient (Wildman–Crippen LogP) is 5.08. The Balaban J connectivity index is 1.33. The first-order valence-electron chi connectivity index (χ1n) is 11.3. The number of carbonyl (C=O) groups excluding carboxylic acids is 1. The molecule has 0 spiro atoms. The van der Waals surface area contributed by atoms with Gasteiger partial charge in [0, 0.05) is 38.4 Å². The fourth-order valence-corrected chi connectivity index (χ4v) is 4.16. The lowest BCUT2D eigenvalue weighted by Gasteiger charge is -2.29. The van der Waals surface area contributed by atoms with E-state index in [1.165, 1.54) is 0 Å². The molecule has 0 aliphatic heterocycles. The minimum absolute atomic E-state index is 0.129. The molecule has 7 nitrogen and oxygen atoms in total. The molecule has 170 valence electrons. The van der Waals surface area contributed by atoms with Crippen LogP contribution >= 0.6 is 0 Å². The van der Waals surface area contributed by atoms with Crippen LogP contribution in [-0.4, -0.2) is 39.1 Å². The molecular weight excluding hydrogens is 406 g/mol. The largest absolute Gasteiger partial charge is 0.461 e. The average Bonchev–Trinajstić information content (AvgIpc) is 3.08. The van der Waals surface area contributed by atoms with E-state index in [1.807, 2.05) is 48.0 Å². The summed E-state index contributed by atoms with van der Waals surface area (Å²) < 4.78 is 20.1. The summed E-state index contributed by atoms with van der Waals surface area (Å²) in [5.74, 6) is 1.76. The van der Waals surface area contributed by atoms with Crippen LogP contribution in [0.3, 0.4) is 0 Å². The average molecular weight is 438 g/mol. The van der Waals surface area contributed by atoms with E-state index in [9.17, 15) is 4.79 Å². The number of aryl methyl sites for hydroxylation is 1. The SMILES string of the molecule is CC(=O)C[C@@H](C)COC1CCC(Oc2nc3ccc(Oc4ccccn4)cc3n2C)CC1. The second-order valence-corrected chi connectivity index (χ2v) is 8.74. The van der Waals surface area contributed by atoms with Gasteiger partial charge in [-0.1, -0.05) is 13.0 Å². The van der Waals surface area contributed by atoms with Gasteiger partial charge in [-0.3, -0.25) is 4.57 Å². The van der Waals surface area contributed by atoms with Gasteiger partial charge in [0.1, 0.15) is 17.6 Å². The fourth-order valence-electron chi connectivity index (χ4n) is 4.16. The summed E-state index contributed by atoms with van der Waals surface area (Å²) in [5.41, 5.74) is 1.82. The monoisotopic (exact) mass is 437 g/mol. The molecule has 4 rings (SSSR count). The van der Waals surface area contributed by atoms with Gasteiger partial charge in [-0.2, -0.15) is 4.98 Å². The molecule has 2 aromatic heterocycles. The second kappa shape index (κ2) is 10.1. The number of ketones is 1. The highest BCUT2D eigenvalue weighted by atomic mass is 16.5. The van der Waals surface area contributed by atoms with Crippen molar-refractivity contribution < 1.29 is 19.0 Å². The highest BCUT2D eigenvalue weighted by Gasteiger charge is 2.25. The molecule has 1 aliphatic rings. The van der Waals surface area contributed by atoms with Crippen LogP contribution in [0.25, 0.3) is 11.0 Å². The molecule has 2 heterocycles. The van der Waals surface area contributed by atoms with Crippen LogP contribution in [-0.2, 0) is 16.6 Å². The van der Waals surface area contributed by atoms with Crippen LogP contribution in [0.5, 0.6) is 17.6 Å². The van der Waals surface area contributed by atoms with E-state index in [0.717, 1.165) is 36.7 Å². The first-order valence-corrected chi connectivity index (χ1v) is 11.3. The lowest BCUT2D eigenvalue weighted by molar-refractivity contribution is -0.118. The molecule has 0 amide bonds. The van der Waals surface area contributed by atoms with Gasteiger partial charge in [0.2, 0.25) is 5.88 Å². The van der Waals surface area contributed by atoms with E-state index in [2.05, 4.69) is 16.9 Å². The molecule has 1 aliphatic carbocycles. The van der Waals surface area contributed by atoms with Crippen molar-refractivity contribution in [2.75, 3.05) is 6.61 Å². The minimum Gasteiger partial charge on any atom is -0.461 e. The Morgan fingerprint density at radius 3 is 2.66 bits per heavy atom. The van der Waals surface area contributed by atoms with Gasteiger partial charge in [0.05, 0.1) is 17.1 Å². The topological polar surface area (TPSA) is 75.5 Å². The minimum atomic E-state index is 0.129. The van der Waals surface area contributed by atoms with Gasteiger partial charge in [-0.05, 0) is 56.7 Å². The van der Waals surface area contributed by atoms with Crippen molar-refractivity contribution in [1.29, 1.82) is 0 Å². The quantitative estimate of drug-likeness (QED) is 0.465. The molecule has 1 fully saturated rings. The number of benzene rings is 1. The van der Waals surface area contributed by atoms with E-state index < -0.39 is 0 Å². The Bertz CT molecular complexity index is 1040. The molecular formula is C25H31N3O4. The summed E-state index contributed by atoms with van der Waals surface area (Å²) in [5, 5.41) is 0. The second-order valence-electron chi connectivity index (χ2n) is 8.74. The van der Waals surface area contributed by atoms with Crippen LogP contribution < -0.4 is 9.47 Å². The van der Waals surface area contributed by atoms with Gasteiger partial charge in [0.25, 0.3) is 6.01 Å². The van der Waals surface area contributed by atoms with Crippen LogP contribution in [0, 0.1) is 5.92 Å². The maximum absolute atomic E-state index is 11.2. The number of ether oxygens (including phenoxy) is 3. The van der Waals surface area contributed by atoms with Crippen molar-refractivity contribution in [2.45, 2.75) is 58.2 Å². The third-order valence-corrected chi connectivity index (χ3v) is 5.82. The van der Waals surface area contributed by atoms with Crippen molar-refractivity contribution in [2.24, 2.45) is 13.0 Å². The summed E-state index contributed by atoms with van der Waals surface area (Å²) in [6.45, 7) is 4.34. The summed E-state index contributed by atoms with van der Waals surface area (Å²) in [6, 6.07) is 12.0. The Morgan fingerprint density at radius 1 is 1.16 bits per heavy atom. The Morgan fingerprint density at radius 2 is 1.94 bits per heavy atom. The standard InChI is InChI=1S/C25H31N3O4/c1-17(14-18(2)29)16-30-19-7-9-20(10-8-19)32-25-27-22-12-11-21(15-23(22)28(25)3)31-24-6-4-5-13-26-24/h4-6,11-13,15,17,19-20H,7-10,14,16H2,1-3H3/t17-,19?,20?/m1/s1. The first kappa shape index (κ1) is 22.3. The molecule has 1 saturated carbocycles. The highest BCUT2D eigenvalue weighted by Crippen LogP contribution is 2.30. The summed E-state index contributed by atoms with van der Waals surface area (Å²) in [7, 11) is 1.96. The fraction of sp³-hybridized carbons (Fsp3) is 0.480. The molecule has 0 bridgehead atoms. The normalized spacial score (nSPS) is 19.6. The molecule has 0 radical (unpaired) electrons. The zero-order valence-corrected chi connectivity index (χ0v) is 19.0. The van der Waals surface area contributed by atoms with E-state index in [1.54, 1.807) is 13.1 Å². The zero-order chi connectivity index (χ0) is 22.5. The van der Waals surface area contributed by atoms with Crippen molar-refractivity contribution in [3.8, 4) is 17.6 Å². The van der Waals surface area contributed by atoms with Crippen LogP contribution in [0.1, 0.15) is 46.0 Å². The number of hydrogen-bond donors (Lipinski definition) is 0. The van der Waals surface area contributed by atoms with Gasteiger partial charge in [0.15, 0.2) is 0 Å². The van der Waals surface area contributed by atoms with Crippen molar-refractivity contribution in [1.82, 2.24) is 14.5 Å². The van der Waals surface area contributed by atoms with Gasteiger partial charge < -0.3 is 19.0 Å². The summed E-state index contributed by atoms with van der Waals surface area (Å²) >= 11 is 0. The number of carbonyl (C=O) groups is 1. The lowest BCUT2D eigenvalue weighted by Crippen LogP contribution is -2.30. The Hall–Kier alpha value is -2.93. The number of nitrogens with zero attached hydrogens (tertiary/aromatic N) is 3. The number of imidazole rings is 1. The molecule has 1 aromatic carbocycles. The third-order valence-electron chi connectivity index (χ3n) is 5.82. The van der Waals surface area contributed by atoms with E-state index in [-0.39, 0.29) is 23.9 Å². The van der Waals surface area contributed by atoms with Crippen LogP contribution in [0.4, 0.5) is 0 Å². The number of Topliss-reactive ketones (excluding diaryl/α,β-unsaturated/α-hetero) is 1. The molecule has 0 N–H and O–H groups in total. The highest BCUT2D eigenvalue weighted by molar-refractivity contribution is 5.78. The van der Waals surface area contributed by atoms with Crippen molar-refractivity contribution in [3.05, 3.63) is 42.6 Å². The van der Waals surface area contributed by atoms with Crippen LogP contribution in [0.2, 0.25) is 0 Å².